The highest BCUT2D eigenvalue weighted by Gasteiger charge is 2.32. The van der Waals surface area contributed by atoms with Crippen LogP contribution >= 0.6 is 22.9 Å². The molecule has 0 radical (unpaired) electrons. The van der Waals surface area contributed by atoms with Gasteiger partial charge in [-0.3, -0.25) is 15.1 Å². The maximum absolute atomic E-state index is 12.3. The van der Waals surface area contributed by atoms with E-state index in [0.717, 1.165) is 29.5 Å². The van der Waals surface area contributed by atoms with Crippen LogP contribution in [0.15, 0.2) is 42.6 Å². The summed E-state index contributed by atoms with van der Waals surface area (Å²) in [5, 5.41) is 11.5. The molecule has 0 saturated heterocycles. The van der Waals surface area contributed by atoms with E-state index in [1.54, 1.807) is 24.4 Å². The molecular weight excluding hydrogens is 417 g/mol. The highest BCUT2D eigenvalue weighted by molar-refractivity contribution is 7.16. The molecule has 142 valence electrons. The lowest BCUT2D eigenvalue weighted by molar-refractivity contribution is -0.274. The minimum Gasteiger partial charge on any atom is -0.404 e. The van der Waals surface area contributed by atoms with E-state index in [2.05, 4.69) is 20.0 Å². The van der Waals surface area contributed by atoms with Gasteiger partial charge in [0.05, 0.1) is 10.7 Å². The number of carbonyl (C=O) groups is 1. The predicted octanol–water partition coefficient (Wildman–Crippen LogP) is 4.88. The molecule has 11 heteroatoms. The van der Waals surface area contributed by atoms with Gasteiger partial charge in [0, 0.05) is 11.8 Å². The number of hydrogen-bond acceptors (Lipinski definition) is 6. The van der Waals surface area contributed by atoms with Crippen molar-refractivity contribution < 1.29 is 22.7 Å². The number of pyridine rings is 1. The molecule has 2 aromatic heterocycles. The molecule has 1 amide bonds. The lowest BCUT2D eigenvalue weighted by Crippen LogP contribution is -2.18. The van der Waals surface area contributed by atoms with Crippen molar-refractivity contribution in [2.24, 2.45) is 0 Å². The molecule has 0 atom stereocenters. The third kappa shape index (κ3) is 4.57. The Morgan fingerprint density at radius 1 is 1.29 bits per heavy atom. The summed E-state index contributed by atoms with van der Waals surface area (Å²) in [6.45, 7) is 0. The number of alkyl halides is 3. The van der Waals surface area contributed by atoms with Gasteiger partial charge in [0.2, 0.25) is 0 Å². The second-order valence-corrected chi connectivity index (χ2v) is 6.58. The first-order valence-electron chi connectivity index (χ1n) is 7.46. The maximum atomic E-state index is 12.3. The monoisotopic (exact) mass is 424 g/mol. The van der Waals surface area contributed by atoms with Crippen molar-refractivity contribution in [3.05, 3.63) is 58.1 Å². The molecule has 3 rings (SSSR count). The van der Waals surface area contributed by atoms with Crippen molar-refractivity contribution in [3.63, 3.8) is 0 Å². The zero-order valence-corrected chi connectivity index (χ0v) is 15.2. The van der Waals surface area contributed by atoms with Crippen molar-refractivity contribution in [2.75, 3.05) is 5.32 Å². The normalized spacial score (nSPS) is 11.0. The molecule has 2 heterocycles. The number of ether oxygens (including phenoxy) is 1. The lowest BCUT2D eigenvalue weighted by Gasteiger charge is -2.11. The number of amides is 1. The Kier molecular flexibility index (Phi) is 5.48. The number of nitriles is 1. The summed E-state index contributed by atoms with van der Waals surface area (Å²) in [6.07, 6.45) is -3.36. The Balaban J connectivity index is 1.81. The number of benzene rings is 1. The van der Waals surface area contributed by atoms with E-state index < -0.39 is 18.0 Å². The van der Waals surface area contributed by atoms with Crippen molar-refractivity contribution in [1.29, 1.82) is 5.26 Å². The van der Waals surface area contributed by atoms with E-state index in [-0.39, 0.29) is 20.6 Å². The number of halogens is 4. The molecule has 28 heavy (non-hydrogen) atoms. The summed E-state index contributed by atoms with van der Waals surface area (Å²) in [5.74, 6) is -1.28. The third-order valence-electron chi connectivity index (χ3n) is 3.28. The van der Waals surface area contributed by atoms with E-state index in [1.807, 2.05) is 6.07 Å². The third-order valence-corrected chi connectivity index (χ3v) is 4.45. The van der Waals surface area contributed by atoms with E-state index in [0.29, 0.717) is 11.4 Å². The van der Waals surface area contributed by atoms with Gasteiger partial charge < -0.3 is 4.74 Å². The van der Waals surface area contributed by atoms with Gasteiger partial charge in [0.1, 0.15) is 22.4 Å². The van der Waals surface area contributed by atoms with Gasteiger partial charge >= 0.3 is 6.36 Å². The van der Waals surface area contributed by atoms with Crippen LogP contribution in [0.5, 0.6) is 5.75 Å². The second kappa shape index (κ2) is 7.84. The minimum atomic E-state index is -4.90. The van der Waals surface area contributed by atoms with E-state index in [4.69, 9.17) is 11.6 Å². The van der Waals surface area contributed by atoms with E-state index >= 15 is 0 Å². The fourth-order valence-corrected chi connectivity index (χ4v) is 3.13. The smallest absolute Gasteiger partial charge is 0.404 e. The van der Waals surface area contributed by atoms with Gasteiger partial charge in [-0.2, -0.15) is 5.26 Å². The zero-order valence-electron chi connectivity index (χ0n) is 13.6. The van der Waals surface area contributed by atoms with Crippen molar-refractivity contribution in [2.45, 2.75) is 6.36 Å². The van der Waals surface area contributed by atoms with Crippen LogP contribution in [-0.2, 0) is 0 Å². The zero-order chi connectivity index (χ0) is 20.3. The SMILES string of the molecule is N#Cc1sc(NC(=O)c2ccc(OC(F)(F)F)c(Cl)c2)nc1-c1ccccn1. The summed E-state index contributed by atoms with van der Waals surface area (Å²) in [7, 11) is 0. The van der Waals surface area contributed by atoms with Crippen molar-refractivity contribution in [1.82, 2.24) is 9.97 Å². The highest BCUT2D eigenvalue weighted by atomic mass is 35.5. The van der Waals surface area contributed by atoms with Crippen molar-refractivity contribution in [3.8, 4) is 23.2 Å². The highest BCUT2D eigenvalue weighted by Crippen LogP contribution is 2.32. The number of anilines is 1. The second-order valence-electron chi connectivity index (χ2n) is 5.17. The first-order chi connectivity index (χ1) is 13.3. The molecule has 0 spiro atoms. The average molecular weight is 425 g/mol. The Bertz CT molecular complexity index is 1060. The average Bonchev–Trinajstić information content (AvgIpc) is 3.06. The summed E-state index contributed by atoms with van der Waals surface area (Å²) in [6, 6.07) is 10.2. The molecule has 0 aliphatic carbocycles. The largest absolute Gasteiger partial charge is 0.573 e. The van der Waals surface area contributed by atoms with Crippen LogP contribution in [0, 0.1) is 11.3 Å². The lowest BCUT2D eigenvalue weighted by atomic mass is 10.2. The van der Waals surface area contributed by atoms with Crippen LogP contribution in [0.2, 0.25) is 5.02 Å². The molecule has 3 aromatic rings. The topological polar surface area (TPSA) is 87.9 Å². The number of hydrogen-bond donors (Lipinski definition) is 1. The molecular formula is C17H8ClF3N4O2S. The Morgan fingerprint density at radius 3 is 2.68 bits per heavy atom. The Morgan fingerprint density at radius 2 is 2.07 bits per heavy atom. The Labute approximate surface area is 165 Å². The first-order valence-corrected chi connectivity index (χ1v) is 8.65. The molecule has 1 N–H and O–H groups in total. The molecule has 6 nitrogen and oxygen atoms in total. The van der Waals surface area contributed by atoms with Crippen LogP contribution in [-0.4, -0.2) is 22.2 Å². The molecule has 0 aliphatic rings. The van der Waals surface area contributed by atoms with Crippen LogP contribution < -0.4 is 10.1 Å². The summed E-state index contributed by atoms with van der Waals surface area (Å²) in [4.78, 5) is 20.9. The maximum Gasteiger partial charge on any atom is 0.573 e. The van der Waals surface area contributed by atoms with Crippen LogP contribution in [0.3, 0.4) is 0 Å². The summed E-state index contributed by atoms with van der Waals surface area (Å²) < 4.78 is 40.6. The van der Waals surface area contributed by atoms with Gasteiger partial charge in [-0.25, -0.2) is 4.98 Å². The van der Waals surface area contributed by atoms with E-state index in [9.17, 15) is 23.2 Å². The molecule has 1 aromatic carbocycles. The fourth-order valence-electron chi connectivity index (χ4n) is 2.14. The van der Waals surface area contributed by atoms with Gasteiger partial charge in [-0.15, -0.1) is 13.2 Å². The summed E-state index contributed by atoms with van der Waals surface area (Å²) in [5.41, 5.74) is 0.774. The van der Waals surface area contributed by atoms with Crippen molar-refractivity contribution >= 4 is 34.0 Å². The number of nitrogens with zero attached hydrogens (tertiary/aromatic N) is 3. The van der Waals surface area contributed by atoms with Crippen LogP contribution in [0.25, 0.3) is 11.4 Å². The number of carbonyl (C=O) groups excluding carboxylic acids is 1. The number of nitrogens with one attached hydrogen (secondary N) is 1. The van der Waals surface area contributed by atoms with E-state index in [1.165, 1.54) is 0 Å². The summed E-state index contributed by atoms with van der Waals surface area (Å²) >= 11 is 6.69. The standard InChI is InChI=1S/C17H8ClF3N4O2S/c18-10-7-9(4-5-12(10)27-17(19,20)21)15(26)25-16-24-14(13(8-22)28-16)11-3-1-2-6-23-11/h1-7H,(H,24,25,26). The molecule has 0 fully saturated rings. The van der Waals surface area contributed by atoms with Crippen LogP contribution in [0.1, 0.15) is 15.2 Å². The van der Waals surface area contributed by atoms with Crippen LogP contribution in [0.4, 0.5) is 18.3 Å². The van der Waals surface area contributed by atoms with Gasteiger partial charge in [0.15, 0.2) is 5.13 Å². The van der Waals surface area contributed by atoms with Gasteiger partial charge in [-0.05, 0) is 30.3 Å². The molecule has 0 unspecified atom stereocenters. The Hall–Kier alpha value is -3.16. The quantitative estimate of drug-likeness (QED) is 0.644. The first kappa shape index (κ1) is 19.6. The number of aromatic nitrogens is 2. The minimum absolute atomic E-state index is 0.00683. The molecule has 0 bridgehead atoms. The van der Waals surface area contributed by atoms with Gasteiger partial charge in [0.25, 0.3) is 5.91 Å². The van der Waals surface area contributed by atoms with Gasteiger partial charge in [-0.1, -0.05) is 29.0 Å². The molecule has 0 saturated carbocycles. The fraction of sp³-hybridized carbons (Fsp3) is 0.0588. The number of thiazole rings is 1. The molecule has 0 aliphatic heterocycles. The predicted molar refractivity (Wildman–Crippen MR) is 96.1 cm³/mol. The number of rotatable bonds is 4.